The van der Waals surface area contributed by atoms with Crippen molar-refractivity contribution in [2.75, 3.05) is 12.0 Å². The Kier molecular flexibility index (Phi) is 12.6. The molecule has 4 atom stereocenters. The number of rotatable bonds is 13. The van der Waals surface area contributed by atoms with Crippen molar-refractivity contribution in [3.63, 3.8) is 0 Å². The third-order valence-electron chi connectivity index (χ3n) is 4.29. The van der Waals surface area contributed by atoms with E-state index in [4.69, 9.17) is 5.73 Å². The second kappa shape index (κ2) is 13.4. The fourth-order valence-corrected chi connectivity index (χ4v) is 3.02. The summed E-state index contributed by atoms with van der Waals surface area (Å²) in [5.74, 6) is -2.15. The van der Waals surface area contributed by atoms with E-state index in [0.29, 0.717) is 6.42 Å². The Morgan fingerprint density at radius 3 is 1.97 bits per heavy atom. The van der Waals surface area contributed by atoms with Crippen LogP contribution in [-0.4, -0.2) is 65.0 Å². The highest BCUT2D eigenvalue weighted by Crippen LogP contribution is 2.08. The third-order valence-corrected chi connectivity index (χ3v) is 4.93. The average molecular weight is 433 g/mol. The molecule has 0 fully saturated rings. The number of carbonyl (C=O) groups excluding carboxylic acids is 3. The van der Waals surface area contributed by atoms with Gasteiger partial charge in [-0.25, -0.2) is 4.79 Å². The Bertz CT molecular complexity index is 571. The second-order valence-corrected chi connectivity index (χ2v) is 8.86. The normalized spacial score (nSPS) is 15.3. The fourth-order valence-electron chi connectivity index (χ4n) is 2.53. The van der Waals surface area contributed by atoms with Gasteiger partial charge in [-0.15, -0.1) is 0 Å². The van der Waals surface area contributed by atoms with E-state index in [1.807, 2.05) is 20.1 Å². The molecule has 0 heterocycles. The number of carbonyl (C=O) groups is 4. The molecule has 0 aliphatic heterocycles. The molecular weight excluding hydrogens is 396 g/mol. The van der Waals surface area contributed by atoms with Crippen LogP contribution in [0.2, 0.25) is 0 Å². The van der Waals surface area contributed by atoms with Gasteiger partial charge < -0.3 is 26.8 Å². The Morgan fingerprint density at radius 1 is 0.931 bits per heavy atom. The van der Waals surface area contributed by atoms with Crippen LogP contribution in [0.3, 0.4) is 0 Å². The van der Waals surface area contributed by atoms with Crippen molar-refractivity contribution >= 4 is 35.5 Å². The minimum atomic E-state index is -1.12. The molecule has 0 saturated carbocycles. The van der Waals surface area contributed by atoms with Crippen molar-refractivity contribution in [1.82, 2.24) is 16.0 Å². The summed E-state index contributed by atoms with van der Waals surface area (Å²) in [6.45, 7) is 8.70. The van der Waals surface area contributed by atoms with Gasteiger partial charge >= 0.3 is 5.97 Å². The summed E-state index contributed by atoms with van der Waals surface area (Å²) < 4.78 is 0. The summed E-state index contributed by atoms with van der Waals surface area (Å²) in [4.78, 5) is 48.5. The molecule has 0 spiro atoms. The SMILES string of the molecule is CSCCC(N)C(=O)NC(C)C(=O)NC(C(=O)NC(CC(C)C)C(=O)O)C(C)C. The van der Waals surface area contributed by atoms with E-state index in [1.54, 1.807) is 25.6 Å². The van der Waals surface area contributed by atoms with Crippen LogP contribution in [0.5, 0.6) is 0 Å². The molecule has 0 aliphatic carbocycles. The molecule has 0 bridgehead atoms. The third kappa shape index (κ3) is 10.5. The minimum absolute atomic E-state index is 0.0778. The summed E-state index contributed by atoms with van der Waals surface area (Å²) in [6.07, 6.45) is 2.68. The molecule has 6 N–H and O–H groups in total. The second-order valence-electron chi connectivity index (χ2n) is 7.88. The number of aliphatic carboxylic acids is 1. The molecule has 0 saturated heterocycles. The van der Waals surface area contributed by atoms with Crippen molar-refractivity contribution in [3.8, 4) is 0 Å². The Balaban J connectivity index is 4.96. The van der Waals surface area contributed by atoms with Gasteiger partial charge in [0.05, 0.1) is 6.04 Å². The van der Waals surface area contributed by atoms with Gasteiger partial charge in [-0.3, -0.25) is 14.4 Å². The van der Waals surface area contributed by atoms with Gasteiger partial charge in [-0.05, 0) is 43.6 Å². The first-order valence-corrected chi connectivity index (χ1v) is 11.2. The Hall–Kier alpha value is -1.81. The van der Waals surface area contributed by atoms with Crippen LogP contribution in [0.15, 0.2) is 0 Å². The highest BCUT2D eigenvalue weighted by Gasteiger charge is 2.30. The molecule has 9 nitrogen and oxygen atoms in total. The van der Waals surface area contributed by atoms with Crippen molar-refractivity contribution in [2.24, 2.45) is 17.6 Å². The zero-order chi connectivity index (χ0) is 22.7. The zero-order valence-electron chi connectivity index (χ0n) is 18.2. The van der Waals surface area contributed by atoms with Gasteiger partial charge in [0.1, 0.15) is 18.1 Å². The van der Waals surface area contributed by atoms with Crippen LogP contribution < -0.4 is 21.7 Å². The summed E-state index contributed by atoms with van der Waals surface area (Å²) >= 11 is 1.57. The van der Waals surface area contributed by atoms with Crippen LogP contribution in [0.1, 0.15) is 47.5 Å². The van der Waals surface area contributed by atoms with Crippen molar-refractivity contribution in [1.29, 1.82) is 0 Å². The van der Waals surface area contributed by atoms with E-state index in [1.165, 1.54) is 6.92 Å². The maximum Gasteiger partial charge on any atom is 0.326 e. The number of thioether (sulfide) groups is 1. The predicted octanol–water partition coefficient (Wildman–Crippen LogP) is 0.328. The van der Waals surface area contributed by atoms with Gasteiger partial charge in [0.15, 0.2) is 0 Å². The molecular formula is C19H36N4O5S. The highest BCUT2D eigenvalue weighted by molar-refractivity contribution is 7.98. The first kappa shape index (κ1) is 27.2. The van der Waals surface area contributed by atoms with Crippen molar-refractivity contribution in [3.05, 3.63) is 0 Å². The summed E-state index contributed by atoms with van der Waals surface area (Å²) in [6, 6.07) is -3.56. The van der Waals surface area contributed by atoms with Gasteiger partial charge in [-0.1, -0.05) is 27.7 Å². The fraction of sp³-hybridized carbons (Fsp3) is 0.789. The number of carboxylic acid groups (broad SMARTS) is 1. The van der Waals surface area contributed by atoms with Crippen LogP contribution >= 0.6 is 11.8 Å². The molecule has 0 aromatic heterocycles. The number of hydrogen-bond donors (Lipinski definition) is 5. The smallest absolute Gasteiger partial charge is 0.326 e. The maximum absolute atomic E-state index is 12.6. The summed E-state index contributed by atoms with van der Waals surface area (Å²) in [7, 11) is 0. The lowest BCUT2D eigenvalue weighted by Crippen LogP contribution is -2.57. The minimum Gasteiger partial charge on any atom is -0.480 e. The molecule has 0 aromatic carbocycles. The average Bonchev–Trinajstić information content (AvgIpc) is 2.62. The Labute approximate surface area is 177 Å². The highest BCUT2D eigenvalue weighted by atomic mass is 32.2. The van der Waals surface area contributed by atoms with Crippen LogP contribution in [0.25, 0.3) is 0 Å². The molecule has 4 unspecified atom stereocenters. The van der Waals surface area contributed by atoms with E-state index < -0.39 is 47.9 Å². The van der Waals surface area contributed by atoms with E-state index in [9.17, 15) is 24.3 Å². The number of amides is 3. The number of nitrogens with two attached hydrogens (primary N) is 1. The van der Waals surface area contributed by atoms with E-state index in [-0.39, 0.29) is 18.3 Å². The van der Waals surface area contributed by atoms with Crippen LogP contribution in [0, 0.1) is 11.8 Å². The molecule has 29 heavy (non-hydrogen) atoms. The molecule has 0 aromatic rings. The molecule has 0 rings (SSSR count). The molecule has 168 valence electrons. The van der Waals surface area contributed by atoms with Gasteiger partial charge in [-0.2, -0.15) is 11.8 Å². The van der Waals surface area contributed by atoms with E-state index in [2.05, 4.69) is 16.0 Å². The first-order valence-electron chi connectivity index (χ1n) is 9.79. The molecule has 0 radical (unpaired) electrons. The standard InChI is InChI=1S/C19H36N4O5S/c1-10(2)9-14(19(27)28)22-18(26)15(11(3)4)23-16(24)12(5)21-17(25)13(20)7-8-29-6/h10-15H,7-9,20H2,1-6H3,(H,21,25)(H,22,26)(H,23,24)(H,27,28). The Morgan fingerprint density at radius 2 is 1.52 bits per heavy atom. The lowest BCUT2D eigenvalue weighted by molar-refractivity contribution is -0.143. The lowest BCUT2D eigenvalue weighted by atomic mass is 10.00. The predicted molar refractivity (Wildman–Crippen MR) is 114 cm³/mol. The monoisotopic (exact) mass is 432 g/mol. The first-order chi connectivity index (χ1) is 13.4. The summed E-state index contributed by atoms with van der Waals surface area (Å²) in [5.41, 5.74) is 5.80. The van der Waals surface area contributed by atoms with Crippen LogP contribution in [0.4, 0.5) is 0 Å². The zero-order valence-corrected chi connectivity index (χ0v) is 19.0. The van der Waals surface area contributed by atoms with E-state index in [0.717, 1.165) is 5.75 Å². The van der Waals surface area contributed by atoms with Gasteiger partial charge in [0.2, 0.25) is 17.7 Å². The number of carboxylic acids is 1. The lowest BCUT2D eigenvalue weighted by Gasteiger charge is -2.26. The topological polar surface area (TPSA) is 151 Å². The van der Waals surface area contributed by atoms with Crippen LogP contribution in [-0.2, 0) is 19.2 Å². The largest absolute Gasteiger partial charge is 0.480 e. The maximum atomic E-state index is 12.6. The quantitative estimate of drug-likeness (QED) is 0.281. The van der Waals surface area contributed by atoms with Crippen molar-refractivity contribution in [2.45, 2.75) is 71.6 Å². The van der Waals surface area contributed by atoms with Crippen molar-refractivity contribution < 1.29 is 24.3 Å². The number of hydrogen-bond acceptors (Lipinski definition) is 6. The van der Waals surface area contributed by atoms with Gasteiger partial charge in [0.25, 0.3) is 0 Å². The molecule has 10 heteroatoms. The van der Waals surface area contributed by atoms with Gasteiger partial charge in [0, 0.05) is 0 Å². The summed E-state index contributed by atoms with van der Waals surface area (Å²) in [5, 5.41) is 16.9. The molecule has 3 amide bonds. The molecule has 0 aliphatic rings. The number of nitrogens with one attached hydrogen (secondary N) is 3. The van der Waals surface area contributed by atoms with E-state index >= 15 is 0 Å².